The second-order valence-electron chi connectivity index (χ2n) is 5.93. The fraction of sp³-hybridized carbons (Fsp3) is 0.438. The third kappa shape index (κ3) is 3.84. The van der Waals surface area contributed by atoms with Crippen LogP contribution in [-0.4, -0.2) is 45.7 Å². The van der Waals surface area contributed by atoms with Crippen LogP contribution in [0.15, 0.2) is 40.7 Å². The quantitative estimate of drug-likeness (QED) is 0.781. The summed E-state index contributed by atoms with van der Waals surface area (Å²) in [6, 6.07) is 9.56. The number of methoxy groups -OCH3 is 1. The van der Waals surface area contributed by atoms with Gasteiger partial charge in [0.1, 0.15) is 5.01 Å². The number of nitrogens with zero attached hydrogens (tertiary/aromatic N) is 1. The van der Waals surface area contributed by atoms with Crippen LogP contribution in [0, 0.1) is 0 Å². The molecule has 0 radical (unpaired) electrons. The molecule has 6 nitrogen and oxygen atoms in total. The second kappa shape index (κ2) is 7.28. The van der Waals surface area contributed by atoms with Gasteiger partial charge in [-0.05, 0) is 19.4 Å². The topological polar surface area (TPSA) is 80.3 Å². The predicted octanol–water partition coefficient (Wildman–Crippen LogP) is 1.86. The summed E-state index contributed by atoms with van der Waals surface area (Å²) in [7, 11) is -2.01. The number of hydrogen-bond donors (Lipinski definition) is 2. The molecule has 1 unspecified atom stereocenters. The van der Waals surface area contributed by atoms with Crippen LogP contribution in [0.3, 0.4) is 0 Å². The molecule has 1 aliphatic heterocycles. The maximum absolute atomic E-state index is 12.5. The van der Waals surface area contributed by atoms with E-state index in [4.69, 9.17) is 4.74 Å². The van der Waals surface area contributed by atoms with Crippen LogP contribution in [-0.2, 0) is 14.8 Å². The summed E-state index contributed by atoms with van der Waals surface area (Å²) in [5, 5.41) is 5.70. The van der Waals surface area contributed by atoms with Crippen molar-refractivity contribution in [3.8, 4) is 10.6 Å². The molecule has 1 aromatic carbocycles. The number of sulfonamides is 1. The molecule has 0 spiro atoms. The van der Waals surface area contributed by atoms with Gasteiger partial charge in [-0.25, -0.2) is 18.1 Å². The van der Waals surface area contributed by atoms with E-state index in [0.717, 1.165) is 24.9 Å². The minimum absolute atomic E-state index is 0.0666. The average Bonchev–Trinajstić information content (AvgIpc) is 3.25. The lowest BCUT2D eigenvalue weighted by atomic mass is 9.99. The molecule has 2 heterocycles. The van der Waals surface area contributed by atoms with Crippen molar-refractivity contribution >= 4 is 21.4 Å². The number of benzene rings is 1. The first-order chi connectivity index (χ1) is 11.5. The highest BCUT2D eigenvalue weighted by atomic mass is 32.2. The first kappa shape index (κ1) is 17.5. The van der Waals surface area contributed by atoms with Crippen LogP contribution >= 0.6 is 11.3 Å². The van der Waals surface area contributed by atoms with Crippen molar-refractivity contribution in [2.45, 2.75) is 23.4 Å². The Morgan fingerprint density at radius 1 is 1.38 bits per heavy atom. The van der Waals surface area contributed by atoms with Gasteiger partial charge in [-0.15, -0.1) is 11.3 Å². The zero-order valence-electron chi connectivity index (χ0n) is 13.5. The summed E-state index contributed by atoms with van der Waals surface area (Å²) in [6.07, 6.45) is 1.90. The number of aromatic nitrogens is 1. The third-order valence-corrected chi connectivity index (χ3v) is 6.46. The van der Waals surface area contributed by atoms with Crippen molar-refractivity contribution in [1.82, 2.24) is 15.0 Å². The fourth-order valence-electron chi connectivity index (χ4n) is 2.87. The van der Waals surface area contributed by atoms with E-state index in [0.29, 0.717) is 18.2 Å². The van der Waals surface area contributed by atoms with Gasteiger partial charge in [0, 0.05) is 24.6 Å². The first-order valence-corrected chi connectivity index (χ1v) is 10.2. The molecule has 1 fully saturated rings. The van der Waals surface area contributed by atoms with Crippen molar-refractivity contribution in [3.05, 3.63) is 35.7 Å². The van der Waals surface area contributed by atoms with Crippen molar-refractivity contribution in [2.75, 3.05) is 26.8 Å². The summed E-state index contributed by atoms with van der Waals surface area (Å²) in [4.78, 5) is 4.28. The summed E-state index contributed by atoms with van der Waals surface area (Å²) >= 11 is 1.33. The number of hydrogen-bond acceptors (Lipinski definition) is 6. The Labute approximate surface area is 146 Å². The molecule has 3 rings (SSSR count). The summed E-state index contributed by atoms with van der Waals surface area (Å²) in [5.74, 6) is 0. The van der Waals surface area contributed by atoms with Gasteiger partial charge < -0.3 is 10.1 Å². The largest absolute Gasteiger partial charge is 0.383 e. The maximum atomic E-state index is 12.5. The lowest BCUT2D eigenvalue weighted by Gasteiger charge is -2.28. The van der Waals surface area contributed by atoms with Gasteiger partial charge in [0.15, 0.2) is 5.03 Å². The van der Waals surface area contributed by atoms with E-state index in [1.165, 1.54) is 11.3 Å². The van der Waals surface area contributed by atoms with E-state index in [1.807, 2.05) is 30.3 Å². The Kier molecular flexibility index (Phi) is 5.31. The smallest absolute Gasteiger partial charge is 0.258 e. The maximum Gasteiger partial charge on any atom is 0.258 e. The molecule has 1 saturated heterocycles. The summed E-state index contributed by atoms with van der Waals surface area (Å²) in [6.45, 7) is 1.64. The van der Waals surface area contributed by atoms with Crippen LogP contribution in [0.5, 0.6) is 0 Å². The first-order valence-electron chi connectivity index (χ1n) is 7.79. The molecule has 0 amide bonds. The van der Waals surface area contributed by atoms with E-state index in [1.54, 1.807) is 12.5 Å². The van der Waals surface area contributed by atoms with Gasteiger partial charge in [0.05, 0.1) is 12.1 Å². The van der Waals surface area contributed by atoms with Gasteiger partial charge in [0.2, 0.25) is 0 Å². The van der Waals surface area contributed by atoms with E-state index >= 15 is 0 Å². The zero-order chi connectivity index (χ0) is 17.0. The Morgan fingerprint density at radius 3 is 2.83 bits per heavy atom. The Morgan fingerprint density at radius 2 is 2.17 bits per heavy atom. The van der Waals surface area contributed by atoms with E-state index in [2.05, 4.69) is 15.0 Å². The summed E-state index contributed by atoms with van der Waals surface area (Å²) < 4.78 is 33.0. The minimum atomic E-state index is -3.64. The Balaban J connectivity index is 1.73. The molecular weight excluding hydrogens is 346 g/mol. The molecule has 8 heteroatoms. The highest BCUT2D eigenvalue weighted by Gasteiger charge is 2.35. The van der Waals surface area contributed by atoms with Gasteiger partial charge in [0.25, 0.3) is 10.0 Å². The standard InChI is InChI=1S/C16H21N3O3S2/c1-22-12-16(8-5-9-17-16)11-18-24(20,21)14-10-23-15(19-14)13-6-3-2-4-7-13/h2-4,6-7,10,17-18H,5,8-9,11-12H2,1H3. The highest BCUT2D eigenvalue weighted by molar-refractivity contribution is 7.89. The molecule has 0 bridgehead atoms. The van der Waals surface area contributed by atoms with Crippen LogP contribution in [0.2, 0.25) is 0 Å². The third-order valence-electron chi connectivity index (χ3n) is 4.13. The van der Waals surface area contributed by atoms with E-state index in [-0.39, 0.29) is 10.6 Å². The molecule has 1 atom stereocenters. The van der Waals surface area contributed by atoms with Crippen molar-refractivity contribution in [3.63, 3.8) is 0 Å². The van der Waals surface area contributed by atoms with Crippen LogP contribution < -0.4 is 10.0 Å². The number of nitrogens with one attached hydrogen (secondary N) is 2. The van der Waals surface area contributed by atoms with Gasteiger partial charge in [-0.1, -0.05) is 30.3 Å². The lowest BCUT2D eigenvalue weighted by Crippen LogP contribution is -2.52. The molecule has 24 heavy (non-hydrogen) atoms. The molecule has 130 valence electrons. The normalized spacial score (nSPS) is 21.2. The number of thiazole rings is 1. The number of ether oxygens (including phenoxy) is 1. The predicted molar refractivity (Wildman–Crippen MR) is 94.6 cm³/mol. The molecule has 2 aromatic rings. The zero-order valence-corrected chi connectivity index (χ0v) is 15.1. The van der Waals surface area contributed by atoms with Crippen LogP contribution in [0.1, 0.15) is 12.8 Å². The van der Waals surface area contributed by atoms with Gasteiger partial charge >= 0.3 is 0 Å². The monoisotopic (exact) mass is 367 g/mol. The van der Waals surface area contributed by atoms with Gasteiger partial charge in [-0.2, -0.15) is 0 Å². The molecular formula is C16H21N3O3S2. The molecule has 1 aromatic heterocycles. The SMILES string of the molecule is COCC1(CNS(=O)(=O)c2csc(-c3ccccc3)n2)CCCN1. The van der Waals surface area contributed by atoms with Crippen molar-refractivity contribution in [1.29, 1.82) is 0 Å². The van der Waals surface area contributed by atoms with Crippen LogP contribution in [0.4, 0.5) is 0 Å². The van der Waals surface area contributed by atoms with Crippen molar-refractivity contribution in [2.24, 2.45) is 0 Å². The van der Waals surface area contributed by atoms with Crippen molar-refractivity contribution < 1.29 is 13.2 Å². The Hall–Kier alpha value is -1.32. The Bertz CT molecular complexity index is 769. The second-order valence-corrected chi connectivity index (χ2v) is 8.50. The average molecular weight is 367 g/mol. The van der Waals surface area contributed by atoms with Crippen LogP contribution in [0.25, 0.3) is 10.6 Å². The van der Waals surface area contributed by atoms with E-state index < -0.39 is 10.0 Å². The highest BCUT2D eigenvalue weighted by Crippen LogP contribution is 2.26. The number of rotatable bonds is 7. The molecule has 2 N–H and O–H groups in total. The lowest BCUT2D eigenvalue weighted by molar-refractivity contribution is 0.122. The molecule has 0 aliphatic carbocycles. The fourth-order valence-corrected chi connectivity index (χ4v) is 5.10. The summed E-state index contributed by atoms with van der Waals surface area (Å²) in [5.41, 5.74) is 0.581. The van der Waals surface area contributed by atoms with E-state index in [9.17, 15) is 8.42 Å². The molecule has 0 saturated carbocycles. The minimum Gasteiger partial charge on any atom is -0.383 e. The molecule has 1 aliphatic rings. The van der Waals surface area contributed by atoms with Gasteiger partial charge in [-0.3, -0.25) is 0 Å².